The minimum Gasteiger partial charge on any atom is -0.0841 e. The van der Waals surface area contributed by atoms with Crippen molar-refractivity contribution in [3.8, 4) is 11.1 Å². The lowest BCUT2D eigenvalue weighted by Gasteiger charge is -2.46. The second-order valence-electron chi connectivity index (χ2n) is 13.3. The zero-order valence-corrected chi connectivity index (χ0v) is 28.5. The van der Waals surface area contributed by atoms with Crippen LogP contribution in [-0.4, -0.2) is 0 Å². The molecule has 0 aliphatic heterocycles. The molecule has 0 unspecified atom stereocenters. The number of allylic oxidation sites excluding steroid dienone is 6. The standard InChI is InChI=1S/C40H47I/c1-9-27(3)29-21-23-30(24-22-29)34-25-26-39(7,10-2)36(38(34,5)6)20-13-15-28(4)31-17-14-18-33-32-16-11-12-19-35(32)40(8,41)37(31)33/h9,11-12,14,16-25,28H,10,13,15,26H2,1-8H3/b27-9+,36-20-/t28-,39+,40+/m0/s1. The van der Waals surface area contributed by atoms with Crippen molar-refractivity contribution in [2.75, 3.05) is 0 Å². The second kappa shape index (κ2) is 11.4. The van der Waals surface area contributed by atoms with Crippen LogP contribution in [0.4, 0.5) is 0 Å². The van der Waals surface area contributed by atoms with Crippen molar-refractivity contribution in [1.29, 1.82) is 0 Å². The van der Waals surface area contributed by atoms with Gasteiger partial charge in [-0.3, -0.25) is 0 Å². The molecule has 0 N–H and O–H groups in total. The van der Waals surface area contributed by atoms with Gasteiger partial charge in [0.2, 0.25) is 0 Å². The molecule has 3 atom stereocenters. The Morgan fingerprint density at radius 2 is 1.61 bits per heavy atom. The fourth-order valence-electron chi connectivity index (χ4n) is 7.61. The van der Waals surface area contributed by atoms with E-state index in [1.165, 1.54) is 56.5 Å². The molecule has 0 radical (unpaired) electrons. The highest BCUT2D eigenvalue weighted by atomic mass is 127. The summed E-state index contributed by atoms with van der Waals surface area (Å²) in [6.07, 6.45) is 11.9. The zero-order chi connectivity index (χ0) is 29.6. The molecule has 0 heterocycles. The quantitative estimate of drug-likeness (QED) is 0.135. The van der Waals surface area contributed by atoms with Gasteiger partial charge in [-0.25, -0.2) is 0 Å². The summed E-state index contributed by atoms with van der Waals surface area (Å²) < 4.78 is 0.0137. The first-order valence-corrected chi connectivity index (χ1v) is 16.6. The Labute approximate surface area is 263 Å². The SMILES string of the molecule is C/C=C(\C)c1ccc(C2=CC[C@@](C)(CC)/C(=C\CC[C@H](C)c3cccc4c3[C@](C)(I)c3ccccc3-4)C2(C)C)cc1. The Morgan fingerprint density at radius 1 is 0.927 bits per heavy atom. The van der Waals surface area contributed by atoms with E-state index in [1.807, 2.05) is 0 Å². The molecule has 0 bridgehead atoms. The Morgan fingerprint density at radius 3 is 2.29 bits per heavy atom. The van der Waals surface area contributed by atoms with E-state index < -0.39 is 0 Å². The van der Waals surface area contributed by atoms with E-state index in [0.717, 1.165) is 19.3 Å². The first kappa shape index (κ1) is 30.1. The van der Waals surface area contributed by atoms with E-state index >= 15 is 0 Å². The number of hydrogen-bond donors (Lipinski definition) is 0. The van der Waals surface area contributed by atoms with Crippen LogP contribution in [0.3, 0.4) is 0 Å². The van der Waals surface area contributed by atoms with Crippen molar-refractivity contribution in [1.82, 2.24) is 0 Å². The summed E-state index contributed by atoms with van der Waals surface area (Å²) in [7, 11) is 0. The van der Waals surface area contributed by atoms with E-state index in [1.54, 1.807) is 5.57 Å². The highest BCUT2D eigenvalue weighted by molar-refractivity contribution is 14.1. The van der Waals surface area contributed by atoms with Crippen LogP contribution >= 0.6 is 22.6 Å². The predicted octanol–water partition coefficient (Wildman–Crippen LogP) is 12.5. The van der Waals surface area contributed by atoms with E-state index in [2.05, 4.69) is 163 Å². The monoisotopic (exact) mass is 654 g/mol. The third-order valence-electron chi connectivity index (χ3n) is 10.4. The minimum atomic E-state index is -0.000174. The molecule has 3 aromatic rings. The van der Waals surface area contributed by atoms with Crippen LogP contribution in [0.2, 0.25) is 0 Å². The average molecular weight is 655 g/mol. The molecule has 2 aliphatic carbocycles. The number of fused-ring (bicyclic) bond motifs is 3. The highest BCUT2D eigenvalue weighted by Gasteiger charge is 2.42. The van der Waals surface area contributed by atoms with Crippen molar-refractivity contribution >= 4 is 33.7 Å². The van der Waals surface area contributed by atoms with Crippen LogP contribution in [0.15, 0.2) is 90.5 Å². The summed E-state index contributed by atoms with van der Waals surface area (Å²) in [4.78, 5) is 0. The molecular weight excluding hydrogens is 607 g/mol. The van der Waals surface area contributed by atoms with Crippen LogP contribution in [0.5, 0.6) is 0 Å². The molecule has 3 aromatic carbocycles. The smallest absolute Gasteiger partial charge is 0.0705 e. The van der Waals surface area contributed by atoms with Gasteiger partial charge in [0.1, 0.15) is 0 Å². The third kappa shape index (κ3) is 5.22. The van der Waals surface area contributed by atoms with Crippen LogP contribution in [0.1, 0.15) is 115 Å². The minimum absolute atomic E-state index is 0.000174. The van der Waals surface area contributed by atoms with Gasteiger partial charge in [-0.2, -0.15) is 0 Å². The van der Waals surface area contributed by atoms with Gasteiger partial charge in [0, 0.05) is 5.41 Å². The first-order valence-electron chi connectivity index (χ1n) is 15.5. The lowest BCUT2D eigenvalue weighted by Crippen LogP contribution is -2.33. The number of halogens is 1. The van der Waals surface area contributed by atoms with Crippen molar-refractivity contribution in [3.05, 3.63) is 118 Å². The lowest BCUT2D eigenvalue weighted by atomic mass is 9.58. The van der Waals surface area contributed by atoms with Crippen LogP contribution in [-0.2, 0) is 3.42 Å². The van der Waals surface area contributed by atoms with Gasteiger partial charge in [0.15, 0.2) is 0 Å². The maximum absolute atomic E-state index is 2.69. The molecule has 0 nitrogen and oxygen atoms in total. The van der Waals surface area contributed by atoms with Crippen LogP contribution < -0.4 is 0 Å². The first-order chi connectivity index (χ1) is 19.5. The Bertz CT molecular complexity index is 1530. The molecule has 0 aromatic heterocycles. The Hall–Kier alpha value is -2.39. The molecule has 41 heavy (non-hydrogen) atoms. The van der Waals surface area contributed by atoms with E-state index in [9.17, 15) is 0 Å². The maximum atomic E-state index is 2.69. The van der Waals surface area contributed by atoms with Crippen molar-refractivity contribution in [3.63, 3.8) is 0 Å². The summed E-state index contributed by atoms with van der Waals surface area (Å²) in [5.41, 5.74) is 14.6. The number of alkyl halides is 1. The van der Waals surface area contributed by atoms with Gasteiger partial charge in [0.05, 0.1) is 3.42 Å². The van der Waals surface area contributed by atoms with Crippen LogP contribution in [0, 0.1) is 10.8 Å². The molecule has 5 rings (SSSR count). The topological polar surface area (TPSA) is 0 Å². The highest BCUT2D eigenvalue weighted by Crippen LogP contribution is 2.57. The average Bonchev–Trinajstić information content (AvgIpc) is 3.21. The summed E-state index contributed by atoms with van der Waals surface area (Å²) >= 11 is 2.69. The Kier molecular flexibility index (Phi) is 8.34. The van der Waals surface area contributed by atoms with E-state index in [0.29, 0.717) is 5.92 Å². The normalized spacial score (nSPS) is 25.0. The van der Waals surface area contributed by atoms with Crippen molar-refractivity contribution < 1.29 is 0 Å². The number of benzene rings is 3. The molecule has 214 valence electrons. The molecule has 0 saturated carbocycles. The summed E-state index contributed by atoms with van der Waals surface area (Å²) in [5.74, 6) is 0.502. The van der Waals surface area contributed by atoms with E-state index in [-0.39, 0.29) is 14.3 Å². The predicted molar refractivity (Wildman–Crippen MR) is 189 cm³/mol. The molecule has 1 heteroatoms. The van der Waals surface area contributed by atoms with Crippen LogP contribution in [0.25, 0.3) is 22.3 Å². The third-order valence-corrected chi connectivity index (χ3v) is 11.5. The molecule has 0 spiro atoms. The van der Waals surface area contributed by atoms with Crippen molar-refractivity contribution in [2.24, 2.45) is 10.8 Å². The van der Waals surface area contributed by atoms with Gasteiger partial charge in [-0.1, -0.05) is 148 Å². The fourth-order valence-corrected chi connectivity index (χ4v) is 8.68. The second-order valence-corrected chi connectivity index (χ2v) is 15.5. The zero-order valence-electron chi connectivity index (χ0n) is 26.4. The fraction of sp³-hybridized carbons (Fsp3) is 0.400. The number of hydrogen-bond acceptors (Lipinski definition) is 0. The molecule has 0 amide bonds. The molecular formula is C40H47I. The largest absolute Gasteiger partial charge is 0.0841 e. The summed E-state index contributed by atoms with van der Waals surface area (Å²) in [6, 6.07) is 25.2. The number of rotatable bonds is 7. The Balaban J connectivity index is 1.42. The summed E-state index contributed by atoms with van der Waals surface area (Å²) in [6.45, 7) is 18.9. The van der Waals surface area contributed by atoms with E-state index in [4.69, 9.17) is 0 Å². The maximum Gasteiger partial charge on any atom is 0.0705 e. The van der Waals surface area contributed by atoms with Gasteiger partial charge in [-0.05, 0) is 108 Å². The van der Waals surface area contributed by atoms with Gasteiger partial charge in [-0.15, -0.1) is 0 Å². The lowest BCUT2D eigenvalue weighted by molar-refractivity contribution is 0.310. The summed E-state index contributed by atoms with van der Waals surface area (Å²) in [5, 5.41) is 0. The molecule has 2 aliphatic rings. The van der Waals surface area contributed by atoms with Gasteiger partial charge >= 0.3 is 0 Å². The van der Waals surface area contributed by atoms with Gasteiger partial charge in [0.25, 0.3) is 0 Å². The molecule has 0 fully saturated rings. The molecule has 0 saturated heterocycles. The van der Waals surface area contributed by atoms with Crippen molar-refractivity contribution in [2.45, 2.75) is 90.4 Å². The van der Waals surface area contributed by atoms with Gasteiger partial charge < -0.3 is 0 Å².